The summed E-state index contributed by atoms with van der Waals surface area (Å²) in [6, 6.07) is -0.0706. The molecule has 18 heavy (non-hydrogen) atoms. The van der Waals surface area contributed by atoms with E-state index in [4.69, 9.17) is 4.74 Å². The molecule has 2 unspecified atom stereocenters. The number of hydrogen-bond acceptors (Lipinski definition) is 4. The molecule has 0 spiro atoms. The van der Waals surface area contributed by atoms with Gasteiger partial charge in [0.15, 0.2) is 0 Å². The number of rotatable bonds is 5. The summed E-state index contributed by atoms with van der Waals surface area (Å²) in [5, 5.41) is 3.96. The van der Waals surface area contributed by atoms with Crippen molar-refractivity contribution >= 4 is 17.7 Å². The lowest BCUT2D eigenvalue weighted by Crippen LogP contribution is -2.41. The summed E-state index contributed by atoms with van der Waals surface area (Å²) >= 11 is 1.91. The molecule has 0 radical (unpaired) electrons. The predicted octanol–water partition coefficient (Wildman–Crippen LogP) is 2.94. The summed E-state index contributed by atoms with van der Waals surface area (Å²) in [7, 11) is 0. The van der Waals surface area contributed by atoms with Crippen LogP contribution in [0.4, 0.5) is 0 Å². The first-order valence-electron chi connectivity index (χ1n) is 7.35. The van der Waals surface area contributed by atoms with Crippen LogP contribution in [0.3, 0.4) is 0 Å². The lowest BCUT2D eigenvalue weighted by atomic mass is 9.89. The molecule has 2 aliphatic rings. The van der Waals surface area contributed by atoms with E-state index in [0.29, 0.717) is 12.0 Å². The van der Waals surface area contributed by atoms with Gasteiger partial charge in [0.2, 0.25) is 0 Å². The Bertz CT molecular complexity index is 267. The third kappa shape index (κ3) is 3.89. The van der Waals surface area contributed by atoms with Crippen LogP contribution in [0.15, 0.2) is 0 Å². The summed E-state index contributed by atoms with van der Waals surface area (Å²) in [6.07, 6.45) is 8.79. The lowest BCUT2D eigenvalue weighted by Gasteiger charge is -2.27. The quantitative estimate of drug-likeness (QED) is 0.616. The van der Waals surface area contributed by atoms with Gasteiger partial charge in [-0.25, -0.2) is 0 Å². The molecule has 1 saturated carbocycles. The van der Waals surface area contributed by atoms with Gasteiger partial charge in [-0.2, -0.15) is 0 Å². The van der Waals surface area contributed by atoms with Crippen LogP contribution in [0.2, 0.25) is 0 Å². The van der Waals surface area contributed by atoms with Gasteiger partial charge in [-0.15, -0.1) is 11.8 Å². The average molecular weight is 271 g/mol. The third-order valence-corrected chi connectivity index (χ3v) is 5.32. The van der Waals surface area contributed by atoms with E-state index in [9.17, 15) is 4.79 Å². The number of hydrogen-bond donors (Lipinski definition) is 1. The summed E-state index contributed by atoms with van der Waals surface area (Å²) in [5.41, 5.74) is 0. The zero-order valence-corrected chi connectivity index (χ0v) is 12.1. The number of carbonyl (C=O) groups excluding carboxylic acids is 1. The van der Waals surface area contributed by atoms with E-state index in [0.717, 1.165) is 24.5 Å². The predicted molar refractivity (Wildman–Crippen MR) is 75.6 cm³/mol. The highest BCUT2D eigenvalue weighted by atomic mass is 32.2. The van der Waals surface area contributed by atoms with Crippen LogP contribution in [0, 0.1) is 5.92 Å². The van der Waals surface area contributed by atoms with Crippen molar-refractivity contribution in [2.24, 2.45) is 5.92 Å². The number of unbranched alkanes of at least 4 members (excludes halogenated alkanes) is 1. The second-order valence-corrected chi connectivity index (χ2v) is 6.57. The molecule has 4 heteroatoms. The highest BCUT2D eigenvalue weighted by Crippen LogP contribution is 2.34. The molecule has 0 bridgehead atoms. The molecule has 104 valence electrons. The Hall–Kier alpha value is -0.220. The van der Waals surface area contributed by atoms with Crippen molar-refractivity contribution < 1.29 is 9.53 Å². The molecule has 2 rings (SSSR count). The highest BCUT2D eigenvalue weighted by molar-refractivity contribution is 8.00. The molecular formula is C14H25NO2S. The van der Waals surface area contributed by atoms with E-state index in [1.807, 2.05) is 11.8 Å². The van der Waals surface area contributed by atoms with Crippen molar-refractivity contribution in [3.8, 4) is 0 Å². The molecule has 0 aromatic rings. The third-order valence-electron chi connectivity index (χ3n) is 3.91. The van der Waals surface area contributed by atoms with Gasteiger partial charge in [0.05, 0.1) is 12.0 Å². The molecule has 1 saturated heterocycles. The van der Waals surface area contributed by atoms with Gasteiger partial charge in [0, 0.05) is 5.75 Å². The van der Waals surface area contributed by atoms with Gasteiger partial charge in [0.25, 0.3) is 0 Å². The zero-order valence-electron chi connectivity index (χ0n) is 11.3. The van der Waals surface area contributed by atoms with Crippen molar-refractivity contribution in [2.75, 3.05) is 12.4 Å². The molecule has 1 aliphatic heterocycles. The van der Waals surface area contributed by atoms with E-state index in [2.05, 4.69) is 12.2 Å². The van der Waals surface area contributed by atoms with Crippen LogP contribution in [0.1, 0.15) is 51.9 Å². The molecule has 0 aromatic heterocycles. The van der Waals surface area contributed by atoms with Crippen molar-refractivity contribution in [3.05, 3.63) is 0 Å². The molecule has 1 N–H and O–H groups in total. The molecule has 2 fully saturated rings. The van der Waals surface area contributed by atoms with E-state index >= 15 is 0 Å². The Kier molecular flexibility index (Phi) is 5.83. The van der Waals surface area contributed by atoms with Crippen molar-refractivity contribution in [1.82, 2.24) is 5.32 Å². The van der Waals surface area contributed by atoms with Crippen LogP contribution >= 0.6 is 11.8 Å². The van der Waals surface area contributed by atoms with E-state index in [1.54, 1.807) is 0 Å². The summed E-state index contributed by atoms with van der Waals surface area (Å²) in [6.45, 7) is 2.68. The van der Waals surface area contributed by atoms with Crippen LogP contribution in [-0.2, 0) is 9.53 Å². The van der Waals surface area contributed by atoms with E-state index < -0.39 is 0 Å². The average Bonchev–Trinajstić information content (AvgIpc) is 2.89. The number of carbonyl (C=O) groups is 1. The Morgan fingerprint density at radius 3 is 2.83 bits per heavy atom. The molecule has 2 atom stereocenters. The van der Waals surface area contributed by atoms with Crippen LogP contribution < -0.4 is 5.32 Å². The Morgan fingerprint density at radius 1 is 1.33 bits per heavy atom. The molecular weight excluding hydrogens is 246 g/mol. The minimum atomic E-state index is -0.0706. The second kappa shape index (κ2) is 7.39. The standard InChI is InChI=1S/C14H25NO2S/c1-2-3-9-17-14(16)12-10-18-13(15-12)11-7-5-4-6-8-11/h11-13,15H,2-10H2,1H3. The molecule has 0 amide bonds. The molecule has 1 heterocycles. The van der Waals surface area contributed by atoms with E-state index in [-0.39, 0.29) is 12.0 Å². The summed E-state index contributed by atoms with van der Waals surface area (Å²) in [4.78, 5) is 11.9. The first-order valence-corrected chi connectivity index (χ1v) is 8.40. The summed E-state index contributed by atoms with van der Waals surface area (Å²) in [5.74, 6) is 1.60. The van der Waals surface area contributed by atoms with Gasteiger partial charge in [-0.1, -0.05) is 32.6 Å². The minimum Gasteiger partial charge on any atom is -0.465 e. The fourth-order valence-electron chi connectivity index (χ4n) is 2.76. The fraction of sp³-hybridized carbons (Fsp3) is 0.929. The highest BCUT2D eigenvalue weighted by Gasteiger charge is 2.35. The Balaban J connectivity index is 1.71. The molecule has 0 aromatic carbocycles. The van der Waals surface area contributed by atoms with Gasteiger partial charge in [-0.05, 0) is 25.2 Å². The lowest BCUT2D eigenvalue weighted by molar-refractivity contribution is -0.145. The SMILES string of the molecule is CCCCOC(=O)C1CSC(C2CCCCC2)N1. The zero-order chi connectivity index (χ0) is 12.8. The van der Waals surface area contributed by atoms with Crippen molar-refractivity contribution in [1.29, 1.82) is 0 Å². The molecule has 1 aliphatic carbocycles. The topological polar surface area (TPSA) is 38.3 Å². The maximum Gasteiger partial charge on any atom is 0.324 e. The second-order valence-electron chi connectivity index (χ2n) is 5.39. The largest absolute Gasteiger partial charge is 0.465 e. The van der Waals surface area contributed by atoms with Crippen LogP contribution in [0.25, 0.3) is 0 Å². The number of nitrogens with one attached hydrogen (secondary N) is 1. The van der Waals surface area contributed by atoms with Crippen LogP contribution in [-0.4, -0.2) is 29.7 Å². The number of ether oxygens (including phenoxy) is 1. The monoisotopic (exact) mass is 271 g/mol. The van der Waals surface area contributed by atoms with E-state index in [1.165, 1.54) is 32.1 Å². The smallest absolute Gasteiger partial charge is 0.324 e. The maximum absolute atomic E-state index is 11.9. The van der Waals surface area contributed by atoms with Crippen molar-refractivity contribution in [2.45, 2.75) is 63.3 Å². The Morgan fingerprint density at radius 2 is 2.11 bits per heavy atom. The fourth-order valence-corrected chi connectivity index (χ4v) is 4.19. The maximum atomic E-state index is 11.9. The van der Waals surface area contributed by atoms with Gasteiger partial charge >= 0.3 is 5.97 Å². The summed E-state index contributed by atoms with van der Waals surface area (Å²) < 4.78 is 5.29. The van der Waals surface area contributed by atoms with Crippen molar-refractivity contribution in [3.63, 3.8) is 0 Å². The molecule has 3 nitrogen and oxygen atoms in total. The first-order chi connectivity index (χ1) is 8.81. The minimum absolute atomic E-state index is 0.0470. The van der Waals surface area contributed by atoms with Gasteiger partial charge < -0.3 is 4.74 Å². The van der Waals surface area contributed by atoms with Gasteiger partial charge in [-0.3, -0.25) is 10.1 Å². The normalized spacial score (nSPS) is 29.4. The first kappa shape index (κ1) is 14.2. The Labute approximate surface area is 114 Å². The van der Waals surface area contributed by atoms with Crippen LogP contribution in [0.5, 0.6) is 0 Å². The number of esters is 1. The number of thioether (sulfide) groups is 1. The van der Waals surface area contributed by atoms with Gasteiger partial charge in [0.1, 0.15) is 6.04 Å².